The first-order valence-corrected chi connectivity index (χ1v) is 9.33. The van der Waals surface area contributed by atoms with Crippen LogP contribution in [0.5, 0.6) is 5.75 Å². The molecule has 3 rings (SSSR count). The van der Waals surface area contributed by atoms with Gasteiger partial charge >= 0.3 is 6.09 Å². The summed E-state index contributed by atoms with van der Waals surface area (Å²) >= 11 is 0. The number of carbonyl (C=O) groups is 1. The second kappa shape index (κ2) is 7.59. The molecular formula is C22H26FNO3. The van der Waals surface area contributed by atoms with E-state index in [2.05, 4.69) is 6.92 Å². The molecule has 4 nitrogen and oxygen atoms in total. The summed E-state index contributed by atoms with van der Waals surface area (Å²) < 4.78 is 26.0. The van der Waals surface area contributed by atoms with E-state index >= 15 is 0 Å². The number of benzene rings is 2. The molecule has 2 aromatic rings. The maximum atomic E-state index is 14.9. The number of hydrogen-bond donors (Lipinski definition) is 1. The Hall–Kier alpha value is -2.56. The van der Waals surface area contributed by atoms with Crippen LogP contribution in [0.1, 0.15) is 50.8 Å². The van der Waals surface area contributed by atoms with Crippen LogP contribution < -0.4 is 10.5 Å². The number of ether oxygens (including phenoxy) is 2. The molecule has 0 bridgehead atoms. The molecule has 1 unspecified atom stereocenters. The van der Waals surface area contributed by atoms with Gasteiger partial charge in [0.15, 0.2) is 0 Å². The summed E-state index contributed by atoms with van der Waals surface area (Å²) in [5.74, 6) is 0.140. The van der Waals surface area contributed by atoms with Gasteiger partial charge in [0.05, 0.1) is 6.61 Å². The Morgan fingerprint density at radius 2 is 2.00 bits per heavy atom. The van der Waals surface area contributed by atoms with Crippen LogP contribution in [-0.2, 0) is 11.2 Å². The van der Waals surface area contributed by atoms with Gasteiger partial charge < -0.3 is 15.2 Å². The van der Waals surface area contributed by atoms with Crippen LogP contribution >= 0.6 is 0 Å². The van der Waals surface area contributed by atoms with Crippen LogP contribution in [-0.4, -0.2) is 12.7 Å². The summed E-state index contributed by atoms with van der Waals surface area (Å²) in [5.41, 5.74) is 7.71. The summed E-state index contributed by atoms with van der Waals surface area (Å²) in [7, 11) is 0. The fourth-order valence-electron chi connectivity index (χ4n) is 3.45. The zero-order valence-corrected chi connectivity index (χ0v) is 16.0. The number of unbranched alkanes of at least 4 members (excludes halogenated alkanes) is 1. The molecule has 0 radical (unpaired) electrons. The van der Waals surface area contributed by atoms with Crippen LogP contribution in [0, 0.1) is 11.2 Å². The number of rotatable bonds is 5. The molecule has 2 N–H and O–H groups in total. The minimum Gasteiger partial charge on any atom is -0.492 e. The van der Waals surface area contributed by atoms with Crippen molar-refractivity contribution in [3.05, 3.63) is 53.3 Å². The third-order valence-corrected chi connectivity index (χ3v) is 5.01. The zero-order valence-electron chi connectivity index (χ0n) is 16.0. The lowest BCUT2D eigenvalue weighted by atomic mass is 9.80. The lowest BCUT2D eigenvalue weighted by Crippen LogP contribution is -2.37. The van der Waals surface area contributed by atoms with E-state index in [1.54, 1.807) is 6.07 Å². The predicted octanol–water partition coefficient (Wildman–Crippen LogP) is 5.39. The van der Waals surface area contributed by atoms with E-state index < -0.39 is 17.6 Å². The summed E-state index contributed by atoms with van der Waals surface area (Å²) in [4.78, 5) is 11.3. The minimum absolute atomic E-state index is 0.346. The number of halogens is 1. The number of primary amides is 1. The van der Waals surface area contributed by atoms with Gasteiger partial charge in [-0.15, -0.1) is 0 Å². The molecule has 0 saturated carbocycles. The second-order valence-electron chi connectivity index (χ2n) is 7.76. The van der Waals surface area contributed by atoms with Crippen molar-refractivity contribution in [1.29, 1.82) is 0 Å². The van der Waals surface area contributed by atoms with Gasteiger partial charge in [-0.3, -0.25) is 0 Å². The standard InChI is InChI=1S/C22H26FNO3/c1-4-5-6-14-7-9-15(10-8-14)16-12-19-17(11-18(16)23)20(27-21(24)25)22(2,3)13-26-19/h7-12,20H,4-6,13H2,1-3H3,(H2,24,25). The molecule has 0 fully saturated rings. The zero-order chi connectivity index (χ0) is 19.6. The second-order valence-corrected chi connectivity index (χ2v) is 7.76. The molecule has 1 aliphatic rings. The van der Waals surface area contributed by atoms with Crippen molar-refractivity contribution in [3.63, 3.8) is 0 Å². The fourth-order valence-corrected chi connectivity index (χ4v) is 3.45. The van der Waals surface area contributed by atoms with E-state index in [0.29, 0.717) is 23.5 Å². The quantitative estimate of drug-likeness (QED) is 0.766. The molecular weight excluding hydrogens is 345 g/mol. The first-order valence-electron chi connectivity index (χ1n) is 9.33. The monoisotopic (exact) mass is 371 g/mol. The van der Waals surface area contributed by atoms with E-state index in [1.807, 2.05) is 38.1 Å². The molecule has 0 saturated heterocycles. The van der Waals surface area contributed by atoms with Gasteiger partial charge in [-0.05, 0) is 36.1 Å². The van der Waals surface area contributed by atoms with Gasteiger partial charge in [-0.25, -0.2) is 9.18 Å². The summed E-state index contributed by atoms with van der Waals surface area (Å²) in [6.45, 7) is 6.29. The summed E-state index contributed by atoms with van der Waals surface area (Å²) in [6, 6.07) is 11.0. The lowest BCUT2D eigenvalue weighted by molar-refractivity contribution is -0.0178. The predicted molar refractivity (Wildman–Crippen MR) is 103 cm³/mol. The highest BCUT2D eigenvalue weighted by atomic mass is 19.1. The third kappa shape index (κ3) is 4.07. The Kier molecular flexibility index (Phi) is 5.40. The van der Waals surface area contributed by atoms with Gasteiger partial charge in [-0.2, -0.15) is 0 Å². The van der Waals surface area contributed by atoms with Crippen molar-refractivity contribution >= 4 is 6.09 Å². The molecule has 1 amide bonds. The molecule has 144 valence electrons. The Balaban J connectivity index is 1.95. The van der Waals surface area contributed by atoms with Gasteiger partial charge in [0, 0.05) is 16.5 Å². The van der Waals surface area contributed by atoms with E-state index in [1.165, 1.54) is 11.6 Å². The number of aryl methyl sites for hydroxylation is 1. The summed E-state index contributed by atoms with van der Waals surface area (Å²) in [5, 5.41) is 0. The SMILES string of the molecule is CCCCc1ccc(-c2cc3c(cc2F)C(OC(N)=O)C(C)(C)CO3)cc1. The Bertz CT molecular complexity index is 830. The van der Waals surface area contributed by atoms with E-state index in [9.17, 15) is 9.18 Å². The maximum Gasteiger partial charge on any atom is 0.405 e. The Morgan fingerprint density at radius 1 is 1.30 bits per heavy atom. The van der Waals surface area contributed by atoms with Crippen molar-refractivity contribution < 1.29 is 18.7 Å². The largest absolute Gasteiger partial charge is 0.492 e. The van der Waals surface area contributed by atoms with Crippen LogP contribution in [0.4, 0.5) is 9.18 Å². The lowest BCUT2D eigenvalue weighted by Gasteiger charge is -2.38. The van der Waals surface area contributed by atoms with Crippen molar-refractivity contribution in [3.8, 4) is 16.9 Å². The Morgan fingerprint density at radius 3 is 2.63 bits per heavy atom. The smallest absolute Gasteiger partial charge is 0.405 e. The van der Waals surface area contributed by atoms with Crippen LogP contribution in [0.3, 0.4) is 0 Å². The normalized spacial score (nSPS) is 17.7. The van der Waals surface area contributed by atoms with Crippen molar-refractivity contribution in [2.24, 2.45) is 11.1 Å². The van der Waals surface area contributed by atoms with Crippen molar-refractivity contribution in [1.82, 2.24) is 0 Å². The maximum absolute atomic E-state index is 14.9. The van der Waals surface area contributed by atoms with Gasteiger partial charge in [0.1, 0.15) is 17.7 Å². The molecule has 27 heavy (non-hydrogen) atoms. The highest BCUT2D eigenvalue weighted by molar-refractivity contribution is 5.69. The molecule has 0 aliphatic carbocycles. The van der Waals surface area contributed by atoms with E-state index in [0.717, 1.165) is 24.8 Å². The van der Waals surface area contributed by atoms with Gasteiger partial charge in [0.2, 0.25) is 0 Å². The molecule has 2 aromatic carbocycles. The third-order valence-electron chi connectivity index (χ3n) is 5.01. The highest BCUT2D eigenvalue weighted by Crippen LogP contribution is 2.46. The average molecular weight is 371 g/mol. The molecule has 1 heterocycles. The number of nitrogens with two attached hydrogens (primary N) is 1. The molecule has 1 aliphatic heterocycles. The molecule has 1 atom stereocenters. The van der Waals surface area contributed by atoms with Crippen LogP contribution in [0.15, 0.2) is 36.4 Å². The number of amides is 1. The number of hydrogen-bond acceptors (Lipinski definition) is 3. The molecule has 0 aromatic heterocycles. The molecule has 0 spiro atoms. The van der Waals surface area contributed by atoms with Crippen molar-refractivity contribution in [2.45, 2.75) is 46.1 Å². The van der Waals surface area contributed by atoms with Gasteiger partial charge in [0.25, 0.3) is 0 Å². The topological polar surface area (TPSA) is 61.5 Å². The van der Waals surface area contributed by atoms with Crippen molar-refractivity contribution in [2.75, 3.05) is 6.61 Å². The minimum atomic E-state index is -0.881. The van der Waals surface area contributed by atoms with Crippen LogP contribution in [0.25, 0.3) is 11.1 Å². The van der Waals surface area contributed by atoms with E-state index in [-0.39, 0.29) is 5.82 Å². The molecule has 5 heteroatoms. The summed E-state index contributed by atoms with van der Waals surface area (Å²) in [6.07, 6.45) is 1.76. The number of fused-ring (bicyclic) bond motifs is 1. The fraction of sp³-hybridized carbons (Fsp3) is 0.409. The van der Waals surface area contributed by atoms with Crippen LogP contribution in [0.2, 0.25) is 0 Å². The van der Waals surface area contributed by atoms with E-state index in [4.69, 9.17) is 15.2 Å². The first-order chi connectivity index (χ1) is 12.8. The average Bonchev–Trinajstić information content (AvgIpc) is 2.62. The Labute approximate surface area is 159 Å². The van der Waals surface area contributed by atoms with Gasteiger partial charge in [-0.1, -0.05) is 51.5 Å². The highest BCUT2D eigenvalue weighted by Gasteiger charge is 2.41. The number of carbonyl (C=O) groups excluding carboxylic acids is 1. The first kappa shape index (κ1) is 19.2.